The van der Waals surface area contributed by atoms with E-state index in [1.165, 1.54) is 12.8 Å². The lowest BCUT2D eigenvalue weighted by Crippen LogP contribution is -2.10. The number of ether oxygens (including phenoxy) is 1. The first-order chi connectivity index (χ1) is 9.28. The summed E-state index contributed by atoms with van der Waals surface area (Å²) in [6.07, 6.45) is 4.33. The first-order valence-electron chi connectivity index (χ1n) is 6.44. The van der Waals surface area contributed by atoms with Crippen molar-refractivity contribution in [2.75, 3.05) is 12.8 Å². The van der Waals surface area contributed by atoms with Gasteiger partial charge in [-0.3, -0.25) is 0 Å². The maximum atomic E-state index is 5.81. The van der Waals surface area contributed by atoms with Gasteiger partial charge in [-0.25, -0.2) is 4.98 Å². The normalized spacial score (nSPS) is 13.9. The second-order valence-corrected chi connectivity index (χ2v) is 4.69. The minimum absolute atomic E-state index is 0.608. The highest BCUT2D eigenvalue weighted by molar-refractivity contribution is 5.65. The fraction of sp³-hybridized carbons (Fsp3) is 0.357. The number of hydrogen-bond acceptors (Lipinski definition) is 5. The largest absolute Gasteiger partial charge is 0.495 e. The Morgan fingerprint density at radius 3 is 2.68 bits per heavy atom. The SMILES string of the molecule is COc1cc(-c2nnc3c(n2)CCCC3)ccc1N. The summed E-state index contributed by atoms with van der Waals surface area (Å²) >= 11 is 0. The predicted octanol–water partition coefficient (Wildman–Crippen LogP) is 2.01. The second-order valence-electron chi connectivity index (χ2n) is 4.69. The van der Waals surface area contributed by atoms with Gasteiger partial charge in [0, 0.05) is 5.56 Å². The van der Waals surface area contributed by atoms with E-state index in [1.807, 2.05) is 12.1 Å². The van der Waals surface area contributed by atoms with Gasteiger partial charge >= 0.3 is 0 Å². The predicted molar refractivity (Wildman–Crippen MR) is 72.9 cm³/mol. The van der Waals surface area contributed by atoms with Gasteiger partial charge in [0.2, 0.25) is 0 Å². The third kappa shape index (κ3) is 2.23. The third-order valence-electron chi connectivity index (χ3n) is 3.41. The zero-order valence-corrected chi connectivity index (χ0v) is 10.9. The van der Waals surface area contributed by atoms with Gasteiger partial charge in [0.1, 0.15) is 5.75 Å². The molecule has 0 radical (unpaired) electrons. The van der Waals surface area contributed by atoms with Crippen LogP contribution in [0.1, 0.15) is 24.2 Å². The molecule has 3 rings (SSSR count). The summed E-state index contributed by atoms with van der Waals surface area (Å²) < 4.78 is 5.22. The number of benzene rings is 1. The summed E-state index contributed by atoms with van der Waals surface area (Å²) in [6.45, 7) is 0. The summed E-state index contributed by atoms with van der Waals surface area (Å²) in [6, 6.07) is 5.54. The number of methoxy groups -OCH3 is 1. The second kappa shape index (κ2) is 4.84. The Morgan fingerprint density at radius 2 is 1.89 bits per heavy atom. The molecule has 1 aliphatic carbocycles. The molecule has 0 amide bonds. The molecule has 0 fully saturated rings. The van der Waals surface area contributed by atoms with Crippen molar-refractivity contribution in [2.45, 2.75) is 25.7 Å². The van der Waals surface area contributed by atoms with Crippen molar-refractivity contribution in [3.05, 3.63) is 29.6 Å². The van der Waals surface area contributed by atoms with E-state index in [-0.39, 0.29) is 0 Å². The Kier molecular flexibility index (Phi) is 3.03. The summed E-state index contributed by atoms with van der Waals surface area (Å²) in [4.78, 5) is 4.62. The third-order valence-corrected chi connectivity index (χ3v) is 3.41. The van der Waals surface area contributed by atoms with E-state index < -0.39 is 0 Å². The van der Waals surface area contributed by atoms with Crippen molar-refractivity contribution in [3.63, 3.8) is 0 Å². The van der Waals surface area contributed by atoms with Crippen LogP contribution in [0.4, 0.5) is 5.69 Å². The molecule has 2 aromatic rings. The minimum atomic E-state index is 0.608. The highest BCUT2D eigenvalue weighted by atomic mass is 16.5. The molecule has 1 heterocycles. The molecule has 0 saturated heterocycles. The van der Waals surface area contributed by atoms with Gasteiger partial charge in [-0.1, -0.05) is 0 Å². The van der Waals surface area contributed by atoms with Crippen molar-refractivity contribution in [1.82, 2.24) is 15.2 Å². The zero-order valence-electron chi connectivity index (χ0n) is 10.9. The topological polar surface area (TPSA) is 73.9 Å². The zero-order chi connectivity index (χ0) is 13.2. The molecular formula is C14H16N4O. The highest BCUT2D eigenvalue weighted by Gasteiger charge is 2.15. The number of rotatable bonds is 2. The fourth-order valence-corrected chi connectivity index (χ4v) is 2.33. The lowest BCUT2D eigenvalue weighted by atomic mass is 10.0. The van der Waals surface area contributed by atoms with Crippen molar-refractivity contribution in [1.29, 1.82) is 0 Å². The standard InChI is InChI=1S/C14H16N4O/c1-19-13-8-9(6-7-10(13)15)14-16-11-4-2-3-5-12(11)17-18-14/h6-8H,2-5,15H2,1H3. The molecule has 2 N–H and O–H groups in total. The molecule has 5 nitrogen and oxygen atoms in total. The van der Waals surface area contributed by atoms with Crippen LogP contribution in [0.2, 0.25) is 0 Å². The maximum absolute atomic E-state index is 5.81. The average molecular weight is 256 g/mol. The molecule has 0 aliphatic heterocycles. The van der Waals surface area contributed by atoms with Crippen molar-refractivity contribution in [3.8, 4) is 17.1 Å². The van der Waals surface area contributed by atoms with Crippen molar-refractivity contribution >= 4 is 5.69 Å². The maximum Gasteiger partial charge on any atom is 0.182 e. The van der Waals surface area contributed by atoms with Crippen molar-refractivity contribution in [2.24, 2.45) is 0 Å². The van der Waals surface area contributed by atoms with E-state index in [2.05, 4.69) is 15.2 Å². The number of aryl methyl sites for hydroxylation is 2. The van der Waals surface area contributed by atoms with Crippen LogP contribution in [0.25, 0.3) is 11.4 Å². The number of fused-ring (bicyclic) bond motifs is 1. The Hall–Kier alpha value is -2.17. The molecule has 5 heteroatoms. The lowest BCUT2D eigenvalue weighted by molar-refractivity contribution is 0.417. The van der Waals surface area contributed by atoms with Crippen LogP contribution in [0.3, 0.4) is 0 Å². The van der Waals surface area contributed by atoms with Crippen LogP contribution in [-0.2, 0) is 12.8 Å². The molecule has 19 heavy (non-hydrogen) atoms. The van der Waals surface area contributed by atoms with Crippen LogP contribution < -0.4 is 10.5 Å². The summed E-state index contributed by atoms with van der Waals surface area (Å²) in [5.74, 6) is 1.28. The molecule has 0 spiro atoms. The molecule has 1 aliphatic rings. The highest BCUT2D eigenvalue weighted by Crippen LogP contribution is 2.27. The van der Waals surface area contributed by atoms with Gasteiger partial charge < -0.3 is 10.5 Å². The monoisotopic (exact) mass is 256 g/mol. The number of hydrogen-bond donors (Lipinski definition) is 1. The van der Waals surface area contributed by atoms with Gasteiger partial charge in [0.25, 0.3) is 0 Å². The van der Waals surface area contributed by atoms with E-state index in [0.29, 0.717) is 17.3 Å². The number of nitrogens with two attached hydrogens (primary N) is 1. The number of nitrogens with zero attached hydrogens (tertiary/aromatic N) is 3. The summed E-state index contributed by atoms with van der Waals surface area (Å²) in [7, 11) is 1.60. The van der Waals surface area contributed by atoms with E-state index in [4.69, 9.17) is 10.5 Å². The lowest BCUT2D eigenvalue weighted by Gasteiger charge is -2.13. The average Bonchev–Trinajstić information content (AvgIpc) is 2.47. The van der Waals surface area contributed by atoms with Gasteiger partial charge in [0.15, 0.2) is 5.82 Å². The molecule has 1 aromatic heterocycles. The van der Waals surface area contributed by atoms with Gasteiger partial charge in [0.05, 0.1) is 24.2 Å². The number of anilines is 1. The Morgan fingerprint density at radius 1 is 1.11 bits per heavy atom. The molecule has 0 bridgehead atoms. The van der Waals surface area contributed by atoms with E-state index in [1.54, 1.807) is 13.2 Å². The first kappa shape index (κ1) is 11.9. The van der Waals surface area contributed by atoms with Crippen LogP contribution >= 0.6 is 0 Å². The van der Waals surface area contributed by atoms with E-state index in [9.17, 15) is 0 Å². The molecule has 0 saturated carbocycles. The van der Waals surface area contributed by atoms with Crippen LogP contribution in [0.5, 0.6) is 5.75 Å². The smallest absolute Gasteiger partial charge is 0.182 e. The number of nitrogen functional groups attached to an aromatic ring is 1. The van der Waals surface area contributed by atoms with Crippen LogP contribution in [0, 0.1) is 0 Å². The van der Waals surface area contributed by atoms with Crippen LogP contribution in [0.15, 0.2) is 18.2 Å². The van der Waals surface area contributed by atoms with E-state index >= 15 is 0 Å². The number of aromatic nitrogens is 3. The molecule has 98 valence electrons. The van der Waals surface area contributed by atoms with Gasteiger partial charge in [-0.05, 0) is 43.9 Å². The Bertz CT molecular complexity index is 612. The van der Waals surface area contributed by atoms with Crippen molar-refractivity contribution < 1.29 is 4.74 Å². The first-order valence-corrected chi connectivity index (χ1v) is 6.44. The van der Waals surface area contributed by atoms with Gasteiger partial charge in [-0.2, -0.15) is 5.10 Å². The quantitative estimate of drug-likeness (QED) is 0.832. The minimum Gasteiger partial charge on any atom is -0.495 e. The fourth-order valence-electron chi connectivity index (χ4n) is 2.33. The van der Waals surface area contributed by atoms with E-state index in [0.717, 1.165) is 29.8 Å². The summed E-state index contributed by atoms with van der Waals surface area (Å²) in [5, 5.41) is 8.50. The molecule has 0 unspecified atom stereocenters. The van der Waals surface area contributed by atoms with Gasteiger partial charge in [-0.15, -0.1) is 5.10 Å². The molecule has 0 atom stereocenters. The Balaban J connectivity index is 2.02. The summed E-state index contributed by atoms with van der Waals surface area (Å²) in [5.41, 5.74) is 9.41. The van der Waals surface area contributed by atoms with Crippen LogP contribution in [-0.4, -0.2) is 22.3 Å². The molecule has 1 aromatic carbocycles. The molecular weight excluding hydrogens is 240 g/mol. The Labute approximate surface area is 111 Å².